The van der Waals surface area contributed by atoms with E-state index in [1.807, 2.05) is 36.4 Å². The highest BCUT2D eigenvalue weighted by atomic mass is 16.3. The molecule has 0 aliphatic heterocycles. The van der Waals surface area contributed by atoms with Crippen molar-refractivity contribution in [1.82, 2.24) is 15.0 Å². The van der Waals surface area contributed by atoms with E-state index in [-0.39, 0.29) is 0 Å². The van der Waals surface area contributed by atoms with Crippen LogP contribution in [-0.4, -0.2) is 15.0 Å². The van der Waals surface area contributed by atoms with Gasteiger partial charge >= 0.3 is 0 Å². The van der Waals surface area contributed by atoms with Gasteiger partial charge in [0.25, 0.3) is 0 Å². The predicted octanol–water partition coefficient (Wildman–Crippen LogP) is 10.6. The number of benzene rings is 6. The Morgan fingerprint density at radius 1 is 0.565 bits per heavy atom. The first kappa shape index (κ1) is 26.5. The molecule has 0 saturated heterocycles. The number of para-hydroxylation sites is 1. The summed E-state index contributed by atoms with van der Waals surface area (Å²) in [5.74, 6) is 2.91. The van der Waals surface area contributed by atoms with E-state index in [1.165, 1.54) is 21.5 Å². The summed E-state index contributed by atoms with van der Waals surface area (Å²) in [5, 5.41) is 5.99. The van der Waals surface area contributed by atoms with E-state index in [1.54, 1.807) is 0 Å². The van der Waals surface area contributed by atoms with Crippen LogP contribution in [0.4, 0.5) is 0 Å². The number of hydrogen-bond donors (Lipinski definition) is 0. The van der Waals surface area contributed by atoms with Crippen LogP contribution >= 0.6 is 0 Å². The molecular formula is C42H29N3O. The van der Waals surface area contributed by atoms with E-state index in [4.69, 9.17) is 19.4 Å². The minimum Gasteiger partial charge on any atom is -0.456 e. The molecule has 0 amide bonds. The molecule has 8 aromatic rings. The highest BCUT2D eigenvalue weighted by Gasteiger charge is 2.40. The Balaban J connectivity index is 1.28. The lowest BCUT2D eigenvalue weighted by Gasteiger charge is -2.30. The van der Waals surface area contributed by atoms with E-state index in [2.05, 4.69) is 116 Å². The molecule has 1 unspecified atom stereocenters. The minimum atomic E-state index is -0.546. The largest absolute Gasteiger partial charge is 0.456 e. The zero-order valence-corrected chi connectivity index (χ0v) is 25.3. The fraction of sp³-hybridized carbons (Fsp3) is 0.0714. The number of aromatic nitrogens is 3. The monoisotopic (exact) mass is 591 g/mol. The SMILES string of the molecule is CC1(c2nc(-c3ccccc3)nc(-c3ccccc3)n2)CC=Cc2oc3c(-c4cc5ccccc5c5ccccc45)cccc3c21. The maximum atomic E-state index is 6.83. The second-order valence-electron chi connectivity index (χ2n) is 12.2. The van der Waals surface area contributed by atoms with Crippen molar-refractivity contribution in [3.05, 3.63) is 157 Å². The summed E-state index contributed by atoms with van der Waals surface area (Å²) in [4.78, 5) is 15.3. The molecule has 0 N–H and O–H groups in total. The number of rotatable bonds is 4. The van der Waals surface area contributed by atoms with Gasteiger partial charge in [-0.2, -0.15) is 0 Å². The molecule has 218 valence electrons. The normalized spacial score (nSPS) is 15.8. The Labute approximate surface area is 266 Å². The van der Waals surface area contributed by atoms with Gasteiger partial charge in [0.1, 0.15) is 17.2 Å². The Bertz CT molecular complexity index is 2400. The highest BCUT2D eigenvalue weighted by Crippen LogP contribution is 2.48. The lowest BCUT2D eigenvalue weighted by atomic mass is 9.74. The van der Waals surface area contributed by atoms with Crippen molar-refractivity contribution in [3.63, 3.8) is 0 Å². The average Bonchev–Trinajstić information content (AvgIpc) is 3.52. The van der Waals surface area contributed by atoms with Gasteiger partial charge in [0.05, 0.1) is 5.41 Å². The van der Waals surface area contributed by atoms with Gasteiger partial charge < -0.3 is 4.42 Å². The van der Waals surface area contributed by atoms with Gasteiger partial charge in [-0.3, -0.25) is 0 Å². The smallest absolute Gasteiger partial charge is 0.163 e. The highest BCUT2D eigenvalue weighted by molar-refractivity contribution is 6.16. The molecule has 1 aliphatic carbocycles. The van der Waals surface area contributed by atoms with Gasteiger partial charge in [0.15, 0.2) is 11.6 Å². The zero-order valence-electron chi connectivity index (χ0n) is 25.3. The third-order valence-electron chi connectivity index (χ3n) is 9.34. The average molecular weight is 592 g/mol. The first-order chi connectivity index (χ1) is 22.7. The molecule has 6 aromatic carbocycles. The number of fused-ring (bicyclic) bond motifs is 6. The topological polar surface area (TPSA) is 51.8 Å². The molecule has 0 spiro atoms. The van der Waals surface area contributed by atoms with Crippen molar-refractivity contribution in [2.75, 3.05) is 0 Å². The van der Waals surface area contributed by atoms with E-state index < -0.39 is 5.41 Å². The molecular weight excluding hydrogens is 562 g/mol. The molecule has 0 fully saturated rings. The third-order valence-corrected chi connectivity index (χ3v) is 9.34. The van der Waals surface area contributed by atoms with Gasteiger partial charge in [-0.05, 0) is 52.6 Å². The first-order valence-electron chi connectivity index (χ1n) is 15.7. The van der Waals surface area contributed by atoms with E-state index >= 15 is 0 Å². The number of nitrogens with zero attached hydrogens (tertiary/aromatic N) is 3. The number of allylic oxidation sites excluding steroid dienone is 1. The van der Waals surface area contributed by atoms with Gasteiger partial charge in [-0.15, -0.1) is 0 Å². The van der Waals surface area contributed by atoms with Crippen molar-refractivity contribution in [1.29, 1.82) is 0 Å². The zero-order chi connectivity index (χ0) is 30.7. The maximum absolute atomic E-state index is 6.83. The summed E-state index contributed by atoms with van der Waals surface area (Å²) >= 11 is 0. The van der Waals surface area contributed by atoms with Crippen LogP contribution in [0, 0.1) is 0 Å². The molecule has 0 radical (unpaired) electrons. The Kier molecular flexibility index (Phi) is 5.97. The fourth-order valence-electron chi connectivity index (χ4n) is 7.08. The Morgan fingerprint density at radius 2 is 1.17 bits per heavy atom. The third kappa shape index (κ3) is 4.11. The number of furan rings is 1. The Hall–Kier alpha value is -5.87. The van der Waals surface area contributed by atoms with Crippen LogP contribution in [0.2, 0.25) is 0 Å². The van der Waals surface area contributed by atoms with Crippen molar-refractivity contribution in [2.45, 2.75) is 18.8 Å². The molecule has 1 aliphatic rings. The molecule has 2 aromatic heterocycles. The molecule has 0 saturated carbocycles. The molecule has 46 heavy (non-hydrogen) atoms. The second-order valence-corrected chi connectivity index (χ2v) is 12.2. The molecule has 4 heteroatoms. The van der Waals surface area contributed by atoms with Crippen LogP contribution in [0.1, 0.15) is 30.5 Å². The second kappa shape index (κ2) is 10.4. The van der Waals surface area contributed by atoms with Crippen LogP contribution in [0.5, 0.6) is 0 Å². The van der Waals surface area contributed by atoms with Crippen LogP contribution in [-0.2, 0) is 5.41 Å². The summed E-state index contributed by atoms with van der Waals surface area (Å²) in [6, 6.07) is 46.4. The van der Waals surface area contributed by atoms with Crippen LogP contribution in [0.15, 0.2) is 144 Å². The van der Waals surface area contributed by atoms with Crippen LogP contribution < -0.4 is 0 Å². The summed E-state index contributed by atoms with van der Waals surface area (Å²) in [5.41, 5.74) is 5.61. The van der Waals surface area contributed by atoms with Crippen molar-refractivity contribution >= 4 is 38.6 Å². The summed E-state index contributed by atoms with van der Waals surface area (Å²) in [7, 11) is 0. The van der Waals surface area contributed by atoms with Gasteiger partial charge in [0, 0.05) is 27.6 Å². The van der Waals surface area contributed by atoms with Crippen molar-refractivity contribution in [2.24, 2.45) is 0 Å². The Morgan fingerprint density at radius 3 is 1.89 bits per heavy atom. The van der Waals surface area contributed by atoms with Crippen molar-refractivity contribution in [3.8, 4) is 33.9 Å². The van der Waals surface area contributed by atoms with E-state index in [0.29, 0.717) is 11.6 Å². The summed E-state index contributed by atoms with van der Waals surface area (Å²) in [6.07, 6.45) is 5.03. The predicted molar refractivity (Wildman–Crippen MR) is 187 cm³/mol. The van der Waals surface area contributed by atoms with Gasteiger partial charge in [-0.1, -0.05) is 133 Å². The summed E-state index contributed by atoms with van der Waals surface area (Å²) < 4.78 is 6.83. The molecule has 0 bridgehead atoms. The standard InChI is InChI=1S/C42H29N3O/c1-42(41-44-39(27-14-4-2-5-15-27)43-40(45-41)28-16-6-3-7-17-28)25-13-24-36-37(42)34-23-12-22-33(38(34)46-36)35-26-29-18-8-9-19-30(29)31-20-10-11-21-32(31)35/h2-24,26H,25H2,1H3. The van der Waals surface area contributed by atoms with E-state index in [0.717, 1.165) is 56.8 Å². The van der Waals surface area contributed by atoms with Crippen LogP contribution in [0.3, 0.4) is 0 Å². The summed E-state index contributed by atoms with van der Waals surface area (Å²) in [6.45, 7) is 2.24. The van der Waals surface area contributed by atoms with Crippen molar-refractivity contribution < 1.29 is 4.42 Å². The van der Waals surface area contributed by atoms with Gasteiger partial charge in [-0.25, -0.2) is 15.0 Å². The lowest BCUT2D eigenvalue weighted by molar-refractivity contribution is 0.509. The maximum Gasteiger partial charge on any atom is 0.163 e. The van der Waals surface area contributed by atoms with Gasteiger partial charge in [0.2, 0.25) is 0 Å². The molecule has 1 atom stereocenters. The fourth-order valence-corrected chi connectivity index (χ4v) is 7.08. The first-order valence-corrected chi connectivity index (χ1v) is 15.7. The molecule has 2 heterocycles. The number of hydrogen-bond acceptors (Lipinski definition) is 4. The van der Waals surface area contributed by atoms with E-state index in [9.17, 15) is 0 Å². The minimum absolute atomic E-state index is 0.546. The lowest BCUT2D eigenvalue weighted by Crippen LogP contribution is -2.29. The quantitative estimate of drug-likeness (QED) is 0.191. The molecule has 9 rings (SSSR count). The van der Waals surface area contributed by atoms with Crippen LogP contribution in [0.25, 0.3) is 72.5 Å². The molecule has 4 nitrogen and oxygen atoms in total.